The predicted molar refractivity (Wildman–Crippen MR) is 103 cm³/mol. The third kappa shape index (κ3) is 3.37. The zero-order chi connectivity index (χ0) is 19.1. The van der Waals surface area contributed by atoms with Crippen LogP contribution in [0.1, 0.15) is 18.9 Å². The second-order valence-electron chi connectivity index (χ2n) is 7.73. The molecule has 1 aliphatic heterocycles. The average Bonchev–Trinajstić information content (AvgIpc) is 3.12. The number of nitrogen functional groups attached to an aromatic ring is 1. The summed E-state index contributed by atoms with van der Waals surface area (Å²) in [6.45, 7) is 5.10. The van der Waals surface area contributed by atoms with E-state index in [1.807, 2.05) is 0 Å². The van der Waals surface area contributed by atoms with Gasteiger partial charge >= 0.3 is 5.69 Å². The van der Waals surface area contributed by atoms with Crippen LogP contribution in [-0.4, -0.2) is 40.1 Å². The van der Waals surface area contributed by atoms with Crippen molar-refractivity contribution in [3.8, 4) is 5.69 Å². The molecule has 0 bridgehead atoms. The number of hydrogen-bond donors (Lipinski definition) is 2. The van der Waals surface area contributed by atoms with E-state index in [1.165, 1.54) is 22.9 Å². The van der Waals surface area contributed by atoms with Gasteiger partial charge in [0.2, 0.25) is 0 Å². The van der Waals surface area contributed by atoms with Crippen LogP contribution in [0.15, 0.2) is 35.3 Å². The first kappa shape index (κ1) is 18.1. The van der Waals surface area contributed by atoms with Crippen molar-refractivity contribution in [2.75, 3.05) is 25.4 Å². The summed E-state index contributed by atoms with van der Waals surface area (Å²) in [5.41, 5.74) is 11.9. The van der Waals surface area contributed by atoms with E-state index in [1.54, 1.807) is 12.1 Å². The number of fused-ring (bicyclic) bond motifs is 1. The van der Waals surface area contributed by atoms with Crippen LogP contribution in [-0.2, 0) is 6.42 Å². The molecule has 144 valence electrons. The van der Waals surface area contributed by atoms with Gasteiger partial charge in [-0.3, -0.25) is 9.47 Å². The van der Waals surface area contributed by atoms with Gasteiger partial charge in [-0.25, -0.2) is 9.18 Å². The topological polar surface area (TPSA) is 90.2 Å². The van der Waals surface area contributed by atoms with E-state index in [2.05, 4.69) is 16.8 Å². The Bertz CT molecular complexity index is 886. The standard InChI is InChI=1S/C20H26FN5O/c1-2-13(25-10-16-15(9-22)17(16)11-25)7-12-3-4-14(8-18(12)21)26-6-5-19(23)24-20(26)27/h3-6,8,13,15-17H,2,7,9-11,22H2,1H3,(H2,23,24,27)/t13?,15-,16-,17+. The normalized spacial score (nSPS) is 25.4. The van der Waals surface area contributed by atoms with Gasteiger partial charge in [0.05, 0.1) is 5.69 Å². The minimum Gasteiger partial charge on any atom is -0.383 e. The van der Waals surface area contributed by atoms with Crippen LogP contribution in [0.3, 0.4) is 0 Å². The molecular formula is C20H26FN5O. The third-order valence-corrected chi connectivity index (χ3v) is 6.25. The van der Waals surface area contributed by atoms with Crippen LogP contribution in [0.5, 0.6) is 0 Å². The number of nitrogens with two attached hydrogens (primary N) is 2. The number of hydrogen-bond acceptors (Lipinski definition) is 5. The van der Waals surface area contributed by atoms with Crippen molar-refractivity contribution in [1.82, 2.24) is 14.5 Å². The molecule has 7 heteroatoms. The lowest BCUT2D eigenvalue weighted by Crippen LogP contribution is -2.37. The molecule has 4 rings (SSSR count). The molecule has 2 aromatic rings. The minimum absolute atomic E-state index is 0.152. The smallest absolute Gasteiger partial charge is 0.354 e. The zero-order valence-corrected chi connectivity index (χ0v) is 15.5. The fraction of sp³-hybridized carbons (Fsp3) is 0.500. The van der Waals surface area contributed by atoms with Crippen molar-refractivity contribution in [3.05, 3.63) is 52.3 Å². The first-order valence-corrected chi connectivity index (χ1v) is 9.60. The van der Waals surface area contributed by atoms with Crippen LogP contribution < -0.4 is 17.2 Å². The fourth-order valence-electron chi connectivity index (χ4n) is 4.58. The number of benzene rings is 1. The van der Waals surface area contributed by atoms with Crippen molar-refractivity contribution in [2.24, 2.45) is 23.5 Å². The molecule has 1 unspecified atom stereocenters. The largest absolute Gasteiger partial charge is 0.383 e. The second kappa shape index (κ2) is 7.05. The Labute approximate surface area is 158 Å². The van der Waals surface area contributed by atoms with Crippen LogP contribution in [0, 0.1) is 23.6 Å². The van der Waals surface area contributed by atoms with Crippen molar-refractivity contribution in [3.63, 3.8) is 0 Å². The van der Waals surface area contributed by atoms with Gasteiger partial charge in [-0.2, -0.15) is 4.98 Å². The number of likely N-dealkylation sites (tertiary alicyclic amines) is 1. The summed E-state index contributed by atoms with van der Waals surface area (Å²) in [7, 11) is 0. The summed E-state index contributed by atoms with van der Waals surface area (Å²) >= 11 is 0. The van der Waals surface area contributed by atoms with Gasteiger partial charge in [-0.15, -0.1) is 0 Å². The van der Waals surface area contributed by atoms with Crippen LogP contribution in [0.4, 0.5) is 10.2 Å². The van der Waals surface area contributed by atoms with Gasteiger partial charge in [0.15, 0.2) is 0 Å². The molecule has 0 radical (unpaired) electrons. The molecule has 0 spiro atoms. The van der Waals surface area contributed by atoms with Gasteiger partial charge in [-0.1, -0.05) is 13.0 Å². The highest BCUT2D eigenvalue weighted by Gasteiger charge is 2.55. The monoisotopic (exact) mass is 371 g/mol. The van der Waals surface area contributed by atoms with Gasteiger partial charge < -0.3 is 11.5 Å². The maximum atomic E-state index is 14.7. The first-order chi connectivity index (χ1) is 13.0. The Morgan fingerprint density at radius 3 is 2.63 bits per heavy atom. The Morgan fingerprint density at radius 2 is 2.04 bits per heavy atom. The number of nitrogens with zero attached hydrogens (tertiary/aromatic N) is 3. The molecule has 4 atom stereocenters. The molecule has 4 N–H and O–H groups in total. The minimum atomic E-state index is -0.515. The third-order valence-electron chi connectivity index (χ3n) is 6.25. The number of rotatable bonds is 6. The maximum absolute atomic E-state index is 14.7. The van der Waals surface area contributed by atoms with Gasteiger partial charge in [0.1, 0.15) is 11.6 Å². The van der Waals surface area contributed by atoms with Crippen molar-refractivity contribution in [2.45, 2.75) is 25.8 Å². The number of halogens is 1. The molecule has 1 saturated heterocycles. The molecule has 1 aromatic carbocycles. The van der Waals surface area contributed by atoms with E-state index < -0.39 is 5.69 Å². The van der Waals surface area contributed by atoms with Gasteiger partial charge in [0, 0.05) is 25.3 Å². The van der Waals surface area contributed by atoms with E-state index in [-0.39, 0.29) is 11.6 Å². The van der Waals surface area contributed by atoms with Crippen molar-refractivity contribution in [1.29, 1.82) is 0 Å². The Morgan fingerprint density at radius 1 is 1.30 bits per heavy atom. The molecule has 1 saturated carbocycles. The Hall–Kier alpha value is -2.25. The van der Waals surface area contributed by atoms with E-state index in [9.17, 15) is 9.18 Å². The summed E-state index contributed by atoms with van der Waals surface area (Å²) in [6.07, 6.45) is 3.16. The van der Waals surface area contributed by atoms with Crippen LogP contribution in [0.2, 0.25) is 0 Å². The fourth-order valence-corrected chi connectivity index (χ4v) is 4.58. The van der Waals surface area contributed by atoms with Crippen LogP contribution >= 0.6 is 0 Å². The molecule has 0 amide bonds. The molecule has 1 aliphatic carbocycles. The van der Waals surface area contributed by atoms with E-state index in [0.717, 1.165) is 37.9 Å². The second-order valence-corrected chi connectivity index (χ2v) is 7.73. The van der Waals surface area contributed by atoms with E-state index >= 15 is 0 Å². The SMILES string of the molecule is CCC(Cc1ccc(-n2ccc(N)nc2=O)cc1F)N1C[C@@H]2[C@@H](CN)[C@@H]2C1. The highest BCUT2D eigenvalue weighted by molar-refractivity contribution is 5.37. The van der Waals surface area contributed by atoms with Gasteiger partial charge in [-0.05, 0) is 60.9 Å². The molecule has 27 heavy (non-hydrogen) atoms. The van der Waals surface area contributed by atoms with E-state index in [0.29, 0.717) is 29.6 Å². The Balaban J connectivity index is 1.48. The summed E-state index contributed by atoms with van der Waals surface area (Å²) in [5.74, 6) is 2.03. The first-order valence-electron chi connectivity index (χ1n) is 9.60. The molecule has 2 heterocycles. The molecule has 1 aromatic heterocycles. The molecular weight excluding hydrogens is 345 g/mol. The summed E-state index contributed by atoms with van der Waals surface area (Å²) < 4.78 is 16.0. The summed E-state index contributed by atoms with van der Waals surface area (Å²) in [4.78, 5) is 18.1. The summed E-state index contributed by atoms with van der Waals surface area (Å²) in [5, 5.41) is 0. The van der Waals surface area contributed by atoms with Crippen molar-refractivity contribution >= 4 is 5.82 Å². The van der Waals surface area contributed by atoms with Gasteiger partial charge in [0.25, 0.3) is 0 Å². The molecule has 2 aliphatic rings. The Kier molecular flexibility index (Phi) is 4.74. The predicted octanol–water partition coefficient (Wildman–Crippen LogP) is 1.41. The quantitative estimate of drug-likeness (QED) is 0.801. The highest BCUT2D eigenvalue weighted by atomic mass is 19.1. The lowest BCUT2D eigenvalue weighted by Gasteiger charge is -2.29. The number of aromatic nitrogens is 2. The number of anilines is 1. The highest BCUT2D eigenvalue weighted by Crippen LogP contribution is 2.51. The average molecular weight is 371 g/mol. The summed E-state index contributed by atoms with van der Waals surface area (Å²) in [6, 6.07) is 6.78. The number of piperidine rings is 1. The maximum Gasteiger partial charge on any atom is 0.354 e. The zero-order valence-electron chi connectivity index (χ0n) is 15.5. The van der Waals surface area contributed by atoms with Crippen LogP contribution in [0.25, 0.3) is 5.69 Å². The van der Waals surface area contributed by atoms with E-state index in [4.69, 9.17) is 11.5 Å². The molecule has 6 nitrogen and oxygen atoms in total. The molecule has 2 fully saturated rings. The van der Waals surface area contributed by atoms with Crippen molar-refractivity contribution < 1.29 is 4.39 Å². The lowest BCUT2D eigenvalue weighted by atomic mass is 10.0. The lowest BCUT2D eigenvalue weighted by molar-refractivity contribution is 0.200.